The van der Waals surface area contributed by atoms with Gasteiger partial charge in [-0.05, 0) is 32.6 Å². The largest absolute Gasteiger partial charge is 0.462 e. The second-order valence-electron chi connectivity index (χ2n) is 4.80. The Bertz CT molecular complexity index is 230. The molecule has 4 heteroatoms. The van der Waals surface area contributed by atoms with Gasteiger partial charge in [0.15, 0.2) is 0 Å². The number of carbonyl (C=O) groups excluding carboxylic acids is 1. The minimum absolute atomic E-state index is 0.0511. The van der Waals surface area contributed by atoms with Crippen molar-refractivity contribution in [3.8, 4) is 0 Å². The Hall–Kier alpha value is -0.610. The highest BCUT2D eigenvalue weighted by molar-refractivity contribution is 5.71. The van der Waals surface area contributed by atoms with Crippen molar-refractivity contribution in [3.05, 3.63) is 0 Å². The lowest BCUT2D eigenvalue weighted by molar-refractivity contribution is -0.149. The van der Waals surface area contributed by atoms with Gasteiger partial charge in [-0.15, -0.1) is 0 Å². The molecule has 4 nitrogen and oxygen atoms in total. The molecule has 0 radical (unpaired) electrons. The van der Waals surface area contributed by atoms with Gasteiger partial charge in [0.25, 0.3) is 0 Å². The number of nitrogens with zero attached hydrogens (tertiary/aromatic N) is 1. The Kier molecular flexibility index (Phi) is 5.22. The molecule has 16 heavy (non-hydrogen) atoms. The highest BCUT2D eigenvalue weighted by atomic mass is 16.5. The first-order valence-corrected chi connectivity index (χ1v) is 6.12. The molecule has 0 aromatic carbocycles. The Balaban J connectivity index is 2.35. The maximum absolute atomic E-state index is 11.5. The third-order valence-corrected chi connectivity index (χ3v) is 3.02. The lowest BCUT2D eigenvalue weighted by Gasteiger charge is -2.35. The van der Waals surface area contributed by atoms with E-state index in [-0.39, 0.29) is 18.2 Å². The van der Waals surface area contributed by atoms with Crippen molar-refractivity contribution in [3.63, 3.8) is 0 Å². The Morgan fingerprint density at radius 2 is 2.25 bits per heavy atom. The summed E-state index contributed by atoms with van der Waals surface area (Å²) in [6.45, 7) is 7.71. The summed E-state index contributed by atoms with van der Waals surface area (Å²) in [5.74, 6) is 0.127. The van der Waals surface area contributed by atoms with Crippen LogP contribution in [0.3, 0.4) is 0 Å². The molecule has 1 heterocycles. The summed E-state index contributed by atoms with van der Waals surface area (Å²) >= 11 is 0. The lowest BCUT2D eigenvalue weighted by Crippen LogP contribution is -2.45. The highest BCUT2D eigenvalue weighted by Gasteiger charge is 2.27. The molecule has 0 saturated carbocycles. The molecule has 0 aromatic rings. The summed E-state index contributed by atoms with van der Waals surface area (Å²) < 4.78 is 5.11. The maximum Gasteiger partial charge on any atom is 0.320 e. The van der Waals surface area contributed by atoms with Crippen molar-refractivity contribution in [2.75, 3.05) is 19.6 Å². The van der Waals surface area contributed by atoms with Crippen molar-refractivity contribution in [1.29, 1.82) is 0 Å². The van der Waals surface area contributed by atoms with Crippen LogP contribution in [0, 0.1) is 5.92 Å². The van der Waals surface area contributed by atoms with Crippen molar-refractivity contribution in [2.45, 2.75) is 45.8 Å². The molecule has 0 spiro atoms. The third-order valence-electron chi connectivity index (χ3n) is 3.02. The fourth-order valence-electron chi connectivity index (χ4n) is 2.12. The predicted octanol–water partition coefficient (Wildman–Crippen LogP) is 1.03. The Morgan fingerprint density at radius 1 is 1.56 bits per heavy atom. The van der Waals surface area contributed by atoms with E-state index in [0.717, 1.165) is 25.9 Å². The fourth-order valence-corrected chi connectivity index (χ4v) is 2.12. The zero-order chi connectivity index (χ0) is 12.1. The summed E-state index contributed by atoms with van der Waals surface area (Å²) in [6.07, 6.45) is 1.46. The van der Waals surface area contributed by atoms with Crippen molar-refractivity contribution < 1.29 is 14.6 Å². The summed E-state index contributed by atoms with van der Waals surface area (Å²) in [5, 5.41) is 9.72. The number of piperidine rings is 1. The Labute approximate surface area is 97.6 Å². The molecule has 2 atom stereocenters. The molecule has 0 aliphatic carbocycles. The molecule has 1 rings (SSSR count). The van der Waals surface area contributed by atoms with Gasteiger partial charge in [0.05, 0.1) is 18.8 Å². The van der Waals surface area contributed by atoms with E-state index >= 15 is 0 Å². The van der Waals surface area contributed by atoms with Gasteiger partial charge in [0.1, 0.15) is 0 Å². The maximum atomic E-state index is 11.5. The van der Waals surface area contributed by atoms with Gasteiger partial charge in [-0.1, -0.05) is 6.92 Å². The van der Waals surface area contributed by atoms with Gasteiger partial charge < -0.3 is 9.84 Å². The number of hydrogen-bond acceptors (Lipinski definition) is 4. The minimum Gasteiger partial charge on any atom is -0.462 e. The smallest absolute Gasteiger partial charge is 0.320 e. The number of aliphatic hydroxyl groups excluding tert-OH is 1. The van der Waals surface area contributed by atoms with Crippen LogP contribution in [0.15, 0.2) is 0 Å². The van der Waals surface area contributed by atoms with Crippen LogP contribution in [0.5, 0.6) is 0 Å². The SMILES string of the molecule is CCC1CN(CC(=O)OC(C)C)CCC1O. The summed E-state index contributed by atoms with van der Waals surface area (Å²) in [7, 11) is 0. The highest BCUT2D eigenvalue weighted by Crippen LogP contribution is 2.19. The minimum atomic E-state index is -0.206. The normalized spacial score (nSPS) is 27.1. The number of hydrogen-bond donors (Lipinski definition) is 1. The van der Waals surface area contributed by atoms with E-state index in [4.69, 9.17) is 4.74 Å². The first-order valence-electron chi connectivity index (χ1n) is 6.12. The van der Waals surface area contributed by atoms with Gasteiger partial charge in [0.2, 0.25) is 0 Å². The number of ether oxygens (including phenoxy) is 1. The van der Waals surface area contributed by atoms with Gasteiger partial charge in [-0.3, -0.25) is 9.69 Å². The van der Waals surface area contributed by atoms with Crippen LogP contribution in [0.1, 0.15) is 33.6 Å². The van der Waals surface area contributed by atoms with Crippen LogP contribution in [0.25, 0.3) is 0 Å². The van der Waals surface area contributed by atoms with E-state index in [0.29, 0.717) is 12.5 Å². The second-order valence-corrected chi connectivity index (χ2v) is 4.80. The van der Waals surface area contributed by atoms with Gasteiger partial charge in [0, 0.05) is 13.1 Å². The van der Waals surface area contributed by atoms with Crippen LogP contribution in [-0.4, -0.2) is 47.8 Å². The van der Waals surface area contributed by atoms with Crippen LogP contribution < -0.4 is 0 Å². The van der Waals surface area contributed by atoms with E-state index in [1.165, 1.54) is 0 Å². The molecule has 0 amide bonds. The summed E-state index contributed by atoms with van der Waals surface area (Å²) in [4.78, 5) is 13.5. The molecular formula is C12H23NO3. The first kappa shape index (κ1) is 13.5. The zero-order valence-corrected chi connectivity index (χ0v) is 10.5. The molecule has 2 unspecified atom stereocenters. The lowest BCUT2D eigenvalue weighted by atomic mass is 9.92. The predicted molar refractivity (Wildman–Crippen MR) is 62.1 cm³/mol. The van der Waals surface area contributed by atoms with E-state index in [9.17, 15) is 9.90 Å². The fraction of sp³-hybridized carbons (Fsp3) is 0.917. The van der Waals surface area contributed by atoms with Gasteiger partial charge >= 0.3 is 5.97 Å². The second kappa shape index (κ2) is 6.21. The average Bonchev–Trinajstić information content (AvgIpc) is 2.19. The number of rotatable bonds is 4. The average molecular weight is 229 g/mol. The molecular weight excluding hydrogens is 206 g/mol. The topological polar surface area (TPSA) is 49.8 Å². The zero-order valence-electron chi connectivity index (χ0n) is 10.5. The summed E-state index contributed by atoms with van der Waals surface area (Å²) in [5.41, 5.74) is 0. The summed E-state index contributed by atoms with van der Waals surface area (Å²) in [6, 6.07) is 0. The molecule has 0 bridgehead atoms. The standard InChI is InChI=1S/C12H23NO3/c1-4-10-7-13(6-5-11(10)14)8-12(15)16-9(2)3/h9-11,14H,4-8H2,1-3H3. The molecule has 1 aliphatic heterocycles. The monoisotopic (exact) mass is 229 g/mol. The van der Waals surface area contributed by atoms with Gasteiger partial charge in [-0.2, -0.15) is 0 Å². The van der Waals surface area contributed by atoms with E-state index in [2.05, 4.69) is 11.8 Å². The van der Waals surface area contributed by atoms with Crippen molar-refractivity contribution in [1.82, 2.24) is 4.90 Å². The van der Waals surface area contributed by atoms with Crippen LogP contribution >= 0.6 is 0 Å². The van der Waals surface area contributed by atoms with Crippen molar-refractivity contribution >= 4 is 5.97 Å². The number of carbonyl (C=O) groups is 1. The molecule has 1 saturated heterocycles. The molecule has 1 fully saturated rings. The van der Waals surface area contributed by atoms with E-state index in [1.54, 1.807) is 0 Å². The number of aliphatic hydroxyl groups is 1. The van der Waals surface area contributed by atoms with E-state index < -0.39 is 0 Å². The first-order chi connectivity index (χ1) is 7.52. The number of esters is 1. The van der Waals surface area contributed by atoms with Crippen LogP contribution in [-0.2, 0) is 9.53 Å². The van der Waals surface area contributed by atoms with Crippen molar-refractivity contribution in [2.24, 2.45) is 5.92 Å². The van der Waals surface area contributed by atoms with Crippen LogP contribution in [0.4, 0.5) is 0 Å². The quantitative estimate of drug-likeness (QED) is 0.732. The van der Waals surface area contributed by atoms with Gasteiger partial charge in [-0.25, -0.2) is 0 Å². The Morgan fingerprint density at radius 3 is 2.81 bits per heavy atom. The molecule has 94 valence electrons. The third kappa shape index (κ3) is 4.10. The molecule has 0 aromatic heterocycles. The molecule has 1 aliphatic rings. The van der Waals surface area contributed by atoms with E-state index in [1.807, 2.05) is 13.8 Å². The molecule has 1 N–H and O–H groups in total. The van der Waals surface area contributed by atoms with Crippen LogP contribution in [0.2, 0.25) is 0 Å². The number of likely N-dealkylation sites (tertiary alicyclic amines) is 1.